The van der Waals surface area contributed by atoms with Crippen LogP contribution < -0.4 is 14.4 Å². The third-order valence-corrected chi connectivity index (χ3v) is 6.28. The van der Waals surface area contributed by atoms with E-state index in [1.54, 1.807) is 12.1 Å². The van der Waals surface area contributed by atoms with Gasteiger partial charge in [0.15, 0.2) is 0 Å². The minimum atomic E-state index is -0.937. The number of benzene rings is 3. The highest BCUT2D eigenvalue weighted by atomic mass is 19.1. The standard InChI is InChI=1S/C31H38FNO4/c1-4-6-7-19-33(21-24-12-16-27(17-13-24)36-5-2)31-23(3)9-8-10-29(31)37-22-25-11-14-26(28(32)20-25)15-18-30(34)35/h8-14,16-17,20H,4-7,15,18-19,21-22H2,1-3H3,(H,34,35). The van der Waals surface area contributed by atoms with Crippen LogP contribution >= 0.6 is 0 Å². The van der Waals surface area contributed by atoms with Crippen molar-refractivity contribution in [3.8, 4) is 11.5 Å². The molecule has 3 rings (SSSR count). The van der Waals surface area contributed by atoms with Gasteiger partial charge in [-0.1, -0.05) is 56.2 Å². The lowest BCUT2D eigenvalue weighted by Crippen LogP contribution is -2.25. The summed E-state index contributed by atoms with van der Waals surface area (Å²) in [4.78, 5) is 13.2. The molecule has 3 aromatic carbocycles. The lowest BCUT2D eigenvalue weighted by Gasteiger charge is -2.29. The highest BCUT2D eigenvalue weighted by molar-refractivity contribution is 5.67. The number of hydrogen-bond donors (Lipinski definition) is 1. The Morgan fingerprint density at radius 3 is 2.41 bits per heavy atom. The zero-order valence-electron chi connectivity index (χ0n) is 22.1. The Bertz CT molecular complexity index is 1150. The molecule has 0 fully saturated rings. The Kier molecular flexibility index (Phi) is 10.8. The van der Waals surface area contributed by atoms with Gasteiger partial charge in [0.1, 0.15) is 23.9 Å². The molecule has 0 aromatic heterocycles. The molecule has 37 heavy (non-hydrogen) atoms. The van der Waals surface area contributed by atoms with Gasteiger partial charge in [-0.25, -0.2) is 4.39 Å². The van der Waals surface area contributed by atoms with Gasteiger partial charge in [-0.05, 0) is 73.2 Å². The minimum Gasteiger partial charge on any atom is -0.494 e. The van der Waals surface area contributed by atoms with Crippen LogP contribution in [0, 0.1) is 12.7 Å². The number of anilines is 1. The van der Waals surface area contributed by atoms with Crippen molar-refractivity contribution in [3.05, 3.63) is 88.7 Å². The van der Waals surface area contributed by atoms with Crippen LogP contribution in [-0.4, -0.2) is 24.2 Å². The van der Waals surface area contributed by atoms with E-state index in [-0.39, 0.29) is 19.4 Å². The number of nitrogens with zero attached hydrogens (tertiary/aromatic N) is 1. The minimum absolute atomic E-state index is 0.0956. The van der Waals surface area contributed by atoms with E-state index in [1.807, 2.05) is 31.2 Å². The number of carboxylic acid groups (broad SMARTS) is 1. The van der Waals surface area contributed by atoms with Crippen molar-refractivity contribution in [1.29, 1.82) is 0 Å². The molecule has 0 saturated carbocycles. The normalized spacial score (nSPS) is 10.8. The molecule has 6 heteroatoms. The van der Waals surface area contributed by atoms with E-state index in [9.17, 15) is 9.18 Å². The highest BCUT2D eigenvalue weighted by Crippen LogP contribution is 2.34. The molecule has 1 N–H and O–H groups in total. The number of carboxylic acids is 1. The van der Waals surface area contributed by atoms with Gasteiger partial charge < -0.3 is 19.5 Å². The van der Waals surface area contributed by atoms with E-state index >= 15 is 0 Å². The van der Waals surface area contributed by atoms with E-state index < -0.39 is 11.8 Å². The number of para-hydroxylation sites is 1. The number of halogens is 1. The molecule has 0 saturated heterocycles. The molecule has 198 valence electrons. The summed E-state index contributed by atoms with van der Waals surface area (Å²) in [5, 5.41) is 8.87. The van der Waals surface area contributed by atoms with E-state index in [0.29, 0.717) is 17.7 Å². The van der Waals surface area contributed by atoms with Crippen LogP contribution in [0.2, 0.25) is 0 Å². The van der Waals surface area contributed by atoms with Crippen LogP contribution in [0.5, 0.6) is 11.5 Å². The largest absolute Gasteiger partial charge is 0.494 e. The summed E-state index contributed by atoms with van der Waals surface area (Å²) in [6.45, 7) is 8.76. The molecule has 0 bridgehead atoms. The van der Waals surface area contributed by atoms with Gasteiger partial charge in [-0.2, -0.15) is 0 Å². The van der Waals surface area contributed by atoms with E-state index in [2.05, 4.69) is 36.9 Å². The van der Waals surface area contributed by atoms with Crippen molar-refractivity contribution < 1.29 is 23.8 Å². The van der Waals surface area contributed by atoms with Crippen molar-refractivity contribution >= 4 is 11.7 Å². The highest BCUT2D eigenvalue weighted by Gasteiger charge is 2.16. The fourth-order valence-electron chi connectivity index (χ4n) is 4.34. The lowest BCUT2D eigenvalue weighted by atomic mass is 10.1. The number of unbranched alkanes of at least 4 members (excludes halogenated alkanes) is 2. The first-order valence-corrected chi connectivity index (χ1v) is 13.1. The number of aryl methyl sites for hydroxylation is 2. The number of hydrogen-bond acceptors (Lipinski definition) is 4. The van der Waals surface area contributed by atoms with Crippen LogP contribution in [0.1, 0.15) is 61.8 Å². The predicted octanol–water partition coefficient (Wildman–Crippen LogP) is 7.33. The Morgan fingerprint density at radius 2 is 1.73 bits per heavy atom. The van der Waals surface area contributed by atoms with Crippen LogP contribution in [0.15, 0.2) is 60.7 Å². The molecule has 0 amide bonds. The van der Waals surface area contributed by atoms with Crippen molar-refractivity contribution in [3.63, 3.8) is 0 Å². The monoisotopic (exact) mass is 507 g/mol. The Labute approximate surface area is 219 Å². The third-order valence-electron chi connectivity index (χ3n) is 6.28. The zero-order chi connectivity index (χ0) is 26.6. The van der Waals surface area contributed by atoms with Gasteiger partial charge in [0.05, 0.1) is 12.3 Å². The summed E-state index contributed by atoms with van der Waals surface area (Å²) >= 11 is 0. The lowest BCUT2D eigenvalue weighted by molar-refractivity contribution is -0.136. The fourth-order valence-corrected chi connectivity index (χ4v) is 4.34. The van der Waals surface area contributed by atoms with Crippen LogP contribution in [0.3, 0.4) is 0 Å². The van der Waals surface area contributed by atoms with Gasteiger partial charge in [0, 0.05) is 19.5 Å². The summed E-state index contributed by atoms with van der Waals surface area (Å²) in [6, 6.07) is 19.1. The van der Waals surface area contributed by atoms with Gasteiger partial charge in [0.25, 0.3) is 0 Å². The van der Waals surface area contributed by atoms with Crippen LogP contribution in [-0.2, 0) is 24.4 Å². The van der Waals surface area contributed by atoms with E-state index in [4.69, 9.17) is 14.6 Å². The first-order chi connectivity index (χ1) is 17.9. The number of aliphatic carboxylic acids is 1. The molecule has 5 nitrogen and oxygen atoms in total. The van der Waals surface area contributed by atoms with Gasteiger partial charge >= 0.3 is 5.97 Å². The van der Waals surface area contributed by atoms with Crippen molar-refractivity contribution in [1.82, 2.24) is 0 Å². The SMILES string of the molecule is CCCCCN(Cc1ccc(OCC)cc1)c1c(C)cccc1OCc1ccc(CCC(=O)O)c(F)c1. The zero-order valence-corrected chi connectivity index (χ0v) is 22.1. The van der Waals surface area contributed by atoms with Gasteiger partial charge in [-0.3, -0.25) is 4.79 Å². The van der Waals surface area contributed by atoms with Crippen LogP contribution in [0.4, 0.5) is 10.1 Å². The quantitative estimate of drug-likeness (QED) is 0.218. The first kappa shape index (κ1) is 28.0. The molecule has 0 radical (unpaired) electrons. The maximum Gasteiger partial charge on any atom is 0.303 e. The summed E-state index contributed by atoms with van der Waals surface area (Å²) in [7, 11) is 0. The van der Waals surface area contributed by atoms with Gasteiger partial charge in [0.2, 0.25) is 0 Å². The molecule has 0 aliphatic carbocycles. The molecular weight excluding hydrogens is 469 g/mol. The summed E-state index contributed by atoms with van der Waals surface area (Å²) in [5.74, 6) is 0.290. The van der Waals surface area contributed by atoms with Crippen molar-refractivity contribution in [2.75, 3.05) is 18.1 Å². The average Bonchev–Trinajstić information content (AvgIpc) is 2.88. The molecule has 0 heterocycles. The second-order valence-corrected chi connectivity index (χ2v) is 9.24. The summed E-state index contributed by atoms with van der Waals surface area (Å²) in [6.07, 6.45) is 3.44. The maximum atomic E-state index is 14.5. The molecule has 0 aliphatic heterocycles. The molecule has 0 atom stereocenters. The van der Waals surface area contributed by atoms with E-state index in [0.717, 1.165) is 55.1 Å². The average molecular weight is 508 g/mol. The first-order valence-electron chi connectivity index (χ1n) is 13.1. The van der Waals surface area contributed by atoms with Crippen molar-refractivity contribution in [2.45, 2.75) is 66.0 Å². The summed E-state index contributed by atoms with van der Waals surface area (Å²) < 4.78 is 26.4. The predicted molar refractivity (Wildman–Crippen MR) is 146 cm³/mol. The topological polar surface area (TPSA) is 59.0 Å². The molecule has 0 aliphatic rings. The molecular formula is C31H38FNO4. The number of rotatable bonds is 15. The second-order valence-electron chi connectivity index (χ2n) is 9.24. The Balaban J connectivity index is 1.79. The Hall–Kier alpha value is -3.54. The fraction of sp³-hybridized carbons (Fsp3) is 0.387. The number of ether oxygens (including phenoxy) is 2. The second kappa shape index (κ2) is 14.3. The smallest absolute Gasteiger partial charge is 0.303 e. The number of carbonyl (C=O) groups is 1. The molecule has 3 aromatic rings. The maximum absolute atomic E-state index is 14.5. The molecule has 0 spiro atoms. The Morgan fingerprint density at radius 1 is 0.973 bits per heavy atom. The van der Waals surface area contributed by atoms with E-state index in [1.165, 1.54) is 11.6 Å². The summed E-state index contributed by atoms with van der Waals surface area (Å²) in [5.41, 5.74) is 4.46. The van der Waals surface area contributed by atoms with Crippen LogP contribution in [0.25, 0.3) is 0 Å². The van der Waals surface area contributed by atoms with Gasteiger partial charge in [-0.15, -0.1) is 0 Å². The molecule has 0 unspecified atom stereocenters. The van der Waals surface area contributed by atoms with Crippen molar-refractivity contribution in [2.24, 2.45) is 0 Å². The third kappa shape index (κ3) is 8.52.